The summed E-state index contributed by atoms with van der Waals surface area (Å²) in [6, 6.07) is 33.3. The standard InChI is InChI=1S/C30H30N2O4S/c1-23(25-9-5-3-6-10-25)21-31-30(33)26-15-13-24(14-16-26)22-32(37(2,34)35)27-17-19-29(20-18-27)36-28-11-7-4-8-12-28/h3-20,23H,21-22H2,1-2H3,(H,31,33)/t23-/m0/s1. The highest BCUT2D eigenvalue weighted by molar-refractivity contribution is 7.92. The lowest BCUT2D eigenvalue weighted by Crippen LogP contribution is -2.29. The van der Waals surface area contributed by atoms with E-state index in [2.05, 4.69) is 12.2 Å². The van der Waals surface area contributed by atoms with E-state index in [4.69, 9.17) is 4.74 Å². The Bertz CT molecular complexity index is 1410. The van der Waals surface area contributed by atoms with Crippen molar-refractivity contribution in [1.29, 1.82) is 0 Å². The molecule has 4 aromatic rings. The van der Waals surface area contributed by atoms with Crippen LogP contribution in [0.2, 0.25) is 0 Å². The fourth-order valence-electron chi connectivity index (χ4n) is 3.88. The van der Waals surface area contributed by atoms with Crippen LogP contribution in [0.1, 0.15) is 34.3 Å². The largest absolute Gasteiger partial charge is 0.457 e. The highest BCUT2D eigenvalue weighted by atomic mass is 32.2. The summed E-state index contributed by atoms with van der Waals surface area (Å²) in [5, 5.41) is 2.97. The first-order chi connectivity index (χ1) is 17.8. The number of ether oxygens (including phenoxy) is 1. The van der Waals surface area contributed by atoms with Crippen molar-refractivity contribution in [2.24, 2.45) is 0 Å². The number of hydrogen-bond acceptors (Lipinski definition) is 4. The molecule has 7 heteroatoms. The Morgan fingerprint density at radius 2 is 1.38 bits per heavy atom. The lowest BCUT2D eigenvalue weighted by molar-refractivity contribution is 0.0951. The molecule has 0 bridgehead atoms. The van der Waals surface area contributed by atoms with Gasteiger partial charge < -0.3 is 10.1 Å². The van der Waals surface area contributed by atoms with Crippen LogP contribution in [0, 0.1) is 0 Å². The van der Waals surface area contributed by atoms with E-state index in [1.807, 2.05) is 60.7 Å². The molecule has 1 amide bonds. The molecule has 0 heterocycles. The monoisotopic (exact) mass is 514 g/mol. The maximum absolute atomic E-state index is 12.6. The van der Waals surface area contributed by atoms with Gasteiger partial charge in [0.1, 0.15) is 11.5 Å². The van der Waals surface area contributed by atoms with Crippen molar-refractivity contribution in [3.05, 3.63) is 126 Å². The first-order valence-corrected chi connectivity index (χ1v) is 13.9. The van der Waals surface area contributed by atoms with Gasteiger partial charge >= 0.3 is 0 Å². The third kappa shape index (κ3) is 7.21. The first-order valence-electron chi connectivity index (χ1n) is 12.0. The molecule has 37 heavy (non-hydrogen) atoms. The lowest BCUT2D eigenvalue weighted by Gasteiger charge is -2.23. The van der Waals surface area contributed by atoms with Gasteiger partial charge in [-0.25, -0.2) is 8.42 Å². The Kier molecular flexibility index (Phi) is 8.25. The number of nitrogens with zero attached hydrogens (tertiary/aromatic N) is 1. The molecule has 0 saturated heterocycles. The zero-order valence-corrected chi connectivity index (χ0v) is 21.7. The SMILES string of the molecule is C[C@@H](CNC(=O)c1ccc(CN(c2ccc(Oc3ccccc3)cc2)S(C)(=O)=O)cc1)c1ccccc1. The highest BCUT2D eigenvalue weighted by Crippen LogP contribution is 2.27. The number of nitrogens with one attached hydrogen (secondary N) is 1. The molecule has 1 atom stereocenters. The molecule has 0 aliphatic carbocycles. The minimum absolute atomic E-state index is 0.144. The van der Waals surface area contributed by atoms with E-state index in [-0.39, 0.29) is 18.4 Å². The van der Waals surface area contributed by atoms with Gasteiger partial charge in [-0.3, -0.25) is 9.10 Å². The molecule has 0 saturated carbocycles. The summed E-state index contributed by atoms with van der Waals surface area (Å²) in [5.41, 5.74) is 2.99. The van der Waals surface area contributed by atoms with Gasteiger partial charge in [0.15, 0.2) is 0 Å². The quantitative estimate of drug-likeness (QED) is 0.283. The molecule has 1 N–H and O–H groups in total. The summed E-state index contributed by atoms with van der Waals surface area (Å²) in [6.07, 6.45) is 1.18. The molecule has 0 aromatic heterocycles. The minimum Gasteiger partial charge on any atom is -0.457 e. The van der Waals surface area contributed by atoms with Gasteiger partial charge in [0.25, 0.3) is 5.91 Å². The predicted octanol–water partition coefficient (Wildman–Crippen LogP) is 5.98. The molecular weight excluding hydrogens is 484 g/mol. The second-order valence-electron chi connectivity index (χ2n) is 8.90. The zero-order valence-electron chi connectivity index (χ0n) is 20.9. The van der Waals surface area contributed by atoms with Crippen LogP contribution in [-0.4, -0.2) is 27.1 Å². The Labute approximate surface area is 218 Å². The summed E-state index contributed by atoms with van der Waals surface area (Å²) in [4.78, 5) is 12.6. The third-order valence-electron chi connectivity index (χ3n) is 5.98. The smallest absolute Gasteiger partial charge is 0.251 e. The fourth-order valence-corrected chi connectivity index (χ4v) is 4.77. The fraction of sp³-hybridized carbons (Fsp3) is 0.167. The normalized spacial score (nSPS) is 11.9. The Morgan fingerprint density at radius 3 is 1.97 bits per heavy atom. The summed E-state index contributed by atoms with van der Waals surface area (Å²) < 4.78 is 32.3. The summed E-state index contributed by atoms with van der Waals surface area (Å²) in [6.45, 7) is 2.74. The number of benzene rings is 4. The molecule has 0 fully saturated rings. The van der Waals surface area contributed by atoms with E-state index in [9.17, 15) is 13.2 Å². The molecule has 4 aromatic carbocycles. The Morgan fingerprint density at radius 1 is 0.811 bits per heavy atom. The highest BCUT2D eigenvalue weighted by Gasteiger charge is 2.18. The van der Waals surface area contributed by atoms with Crippen molar-refractivity contribution in [3.8, 4) is 11.5 Å². The van der Waals surface area contributed by atoms with Gasteiger partial charge in [0, 0.05) is 12.1 Å². The lowest BCUT2D eigenvalue weighted by atomic mass is 10.0. The van der Waals surface area contributed by atoms with Crippen LogP contribution < -0.4 is 14.4 Å². The number of carbonyl (C=O) groups excluding carboxylic acids is 1. The molecule has 6 nitrogen and oxygen atoms in total. The number of para-hydroxylation sites is 1. The number of amides is 1. The van der Waals surface area contributed by atoms with Gasteiger partial charge in [-0.2, -0.15) is 0 Å². The molecule has 0 aliphatic heterocycles. The van der Waals surface area contributed by atoms with Gasteiger partial charge in [-0.05, 0) is 65.6 Å². The first kappa shape index (κ1) is 26.0. The number of hydrogen-bond donors (Lipinski definition) is 1. The number of rotatable bonds is 10. The third-order valence-corrected chi connectivity index (χ3v) is 7.12. The van der Waals surface area contributed by atoms with Crippen LogP contribution in [0.5, 0.6) is 11.5 Å². The summed E-state index contributed by atoms with van der Waals surface area (Å²) in [7, 11) is -3.55. The number of sulfonamides is 1. The Balaban J connectivity index is 1.40. The molecule has 190 valence electrons. The predicted molar refractivity (Wildman–Crippen MR) is 148 cm³/mol. The summed E-state index contributed by atoms with van der Waals surface area (Å²) in [5.74, 6) is 1.34. The second kappa shape index (κ2) is 11.8. The van der Waals surface area contributed by atoms with Crippen molar-refractivity contribution in [3.63, 3.8) is 0 Å². The molecule has 4 rings (SSSR count). The van der Waals surface area contributed by atoms with Gasteiger partial charge in [-0.15, -0.1) is 0 Å². The van der Waals surface area contributed by atoms with Crippen LogP contribution in [0.4, 0.5) is 5.69 Å². The van der Waals surface area contributed by atoms with Gasteiger partial charge in [0.05, 0.1) is 18.5 Å². The zero-order chi connectivity index (χ0) is 26.3. The van der Waals surface area contributed by atoms with E-state index < -0.39 is 10.0 Å². The van der Waals surface area contributed by atoms with Crippen LogP contribution in [0.25, 0.3) is 0 Å². The van der Waals surface area contributed by atoms with Crippen molar-refractivity contribution in [2.75, 3.05) is 17.1 Å². The maximum Gasteiger partial charge on any atom is 0.251 e. The van der Waals surface area contributed by atoms with E-state index >= 15 is 0 Å². The molecule has 0 radical (unpaired) electrons. The minimum atomic E-state index is -3.55. The van der Waals surface area contributed by atoms with Crippen LogP contribution in [-0.2, 0) is 16.6 Å². The average molecular weight is 515 g/mol. The van der Waals surface area contributed by atoms with E-state index in [0.29, 0.717) is 29.3 Å². The molecule has 0 unspecified atom stereocenters. The van der Waals surface area contributed by atoms with Crippen molar-refractivity contribution < 1.29 is 17.9 Å². The molecular formula is C30H30N2O4S. The van der Waals surface area contributed by atoms with E-state index in [1.165, 1.54) is 16.1 Å². The molecule has 0 spiro atoms. The van der Waals surface area contributed by atoms with Crippen molar-refractivity contribution >= 4 is 21.6 Å². The van der Waals surface area contributed by atoms with Gasteiger partial charge in [-0.1, -0.05) is 67.6 Å². The second-order valence-corrected chi connectivity index (χ2v) is 10.8. The number of anilines is 1. The van der Waals surface area contributed by atoms with Gasteiger partial charge in [0.2, 0.25) is 10.0 Å². The van der Waals surface area contributed by atoms with Crippen molar-refractivity contribution in [2.45, 2.75) is 19.4 Å². The summed E-state index contributed by atoms with van der Waals surface area (Å²) >= 11 is 0. The maximum atomic E-state index is 12.6. The number of carbonyl (C=O) groups is 1. The Hall–Kier alpha value is -4.10. The molecule has 0 aliphatic rings. The van der Waals surface area contributed by atoms with Crippen LogP contribution in [0.3, 0.4) is 0 Å². The topological polar surface area (TPSA) is 75.7 Å². The van der Waals surface area contributed by atoms with Crippen LogP contribution >= 0.6 is 0 Å². The van der Waals surface area contributed by atoms with E-state index in [0.717, 1.165) is 5.56 Å². The van der Waals surface area contributed by atoms with Crippen molar-refractivity contribution in [1.82, 2.24) is 5.32 Å². The van der Waals surface area contributed by atoms with E-state index in [1.54, 1.807) is 48.5 Å². The average Bonchev–Trinajstić information content (AvgIpc) is 2.91. The van der Waals surface area contributed by atoms with Crippen LogP contribution in [0.15, 0.2) is 109 Å².